The molecule has 120 valence electrons. The zero-order valence-corrected chi connectivity index (χ0v) is 12.9. The number of hydrogen-bond acceptors (Lipinski definition) is 4. The molecule has 0 aromatic heterocycles. The van der Waals surface area contributed by atoms with E-state index in [4.69, 9.17) is 4.74 Å². The molecule has 0 aliphatic carbocycles. The van der Waals surface area contributed by atoms with E-state index >= 15 is 0 Å². The third-order valence-corrected chi connectivity index (χ3v) is 2.73. The van der Waals surface area contributed by atoms with Gasteiger partial charge >= 0.3 is 5.97 Å². The van der Waals surface area contributed by atoms with E-state index < -0.39 is 5.97 Å². The van der Waals surface area contributed by atoms with E-state index in [2.05, 4.69) is 10.6 Å². The topological polar surface area (TPSA) is 105 Å². The predicted octanol–water partition coefficient (Wildman–Crippen LogP) is 2.48. The lowest BCUT2D eigenvalue weighted by Gasteiger charge is -2.15. The highest BCUT2D eigenvalue weighted by Gasteiger charge is 2.17. The smallest absolute Gasteiger partial charge is 0.339 e. The van der Waals surface area contributed by atoms with Crippen LogP contribution in [0.4, 0.5) is 11.4 Å². The highest BCUT2D eigenvalue weighted by molar-refractivity contribution is 6.02. The number of carbonyl (C=O) groups is 3. The van der Waals surface area contributed by atoms with Crippen LogP contribution in [0.3, 0.4) is 0 Å². The van der Waals surface area contributed by atoms with Crippen molar-refractivity contribution in [2.24, 2.45) is 0 Å². The fourth-order valence-corrected chi connectivity index (χ4v) is 1.78. The van der Waals surface area contributed by atoms with E-state index in [9.17, 15) is 19.5 Å². The van der Waals surface area contributed by atoms with Gasteiger partial charge < -0.3 is 20.5 Å². The van der Waals surface area contributed by atoms with Crippen molar-refractivity contribution in [2.45, 2.75) is 33.6 Å². The maximum Gasteiger partial charge on any atom is 0.339 e. The number of carboxylic acid groups (broad SMARTS) is 1. The van der Waals surface area contributed by atoms with Gasteiger partial charge in [0.1, 0.15) is 11.3 Å². The minimum Gasteiger partial charge on any atom is -0.493 e. The molecule has 0 fully saturated rings. The molecule has 0 saturated heterocycles. The molecule has 1 aromatic carbocycles. The van der Waals surface area contributed by atoms with Crippen molar-refractivity contribution in [1.82, 2.24) is 0 Å². The van der Waals surface area contributed by atoms with Gasteiger partial charge in [-0.3, -0.25) is 9.59 Å². The first-order valence-electron chi connectivity index (χ1n) is 6.94. The van der Waals surface area contributed by atoms with E-state index in [0.29, 0.717) is 12.3 Å². The molecule has 1 rings (SSSR count). The number of carbonyl (C=O) groups excluding carboxylic acids is 2. The Labute approximate surface area is 128 Å². The Balaban J connectivity index is 3.26. The van der Waals surface area contributed by atoms with E-state index in [1.165, 1.54) is 26.0 Å². The SMILES string of the molecule is CCCCOc1cc(NC(C)=O)c(NC(C)=O)cc1C(=O)O. The summed E-state index contributed by atoms with van der Waals surface area (Å²) in [4.78, 5) is 33.8. The quantitative estimate of drug-likeness (QED) is 0.671. The van der Waals surface area contributed by atoms with Gasteiger partial charge in [-0.15, -0.1) is 0 Å². The van der Waals surface area contributed by atoms with Crippen molar-refractivity contribution in [3.8, 4) is 5.75 Å². The van der Waals surface area contributed by atoms with E-state index in [1.54, 1.807) is 0 Å². The maximum atomic E-state index is 11.3. The van der Waals surface area contributed by atoms with E-state index in [1.807, 2.05) is 6.92 Å². The highest BCUT2D eigenvalue weighted by atomic mass is 16.5. The summed E-state index contributed by atoms with van der Waals surface area (Å²) in [5, 5.41) is 14.3. The molecule has 7 nitrogen and oxygen atoms in total. The average Bonchev–Trinajstić information content (AvgIpc) is 2.40. The van der Waals surface area contributed by atoms with Crippen LogP contribution in [-0.2, 0) is 9.59 Å². The Morgan fingerprint density at radius 2 is 1.64 bits per heavy atom. The van der Waals surface area contributed by atoms with Crippen LogP contribution >= 0.6 is 0 Å². The van der Waals surface area contributed by atoms with Crippen LogP contribution in [0, 0.1) is 0 Å². The number of carboxylic acids is 1. The summed E-state index contributed by atoms with van der Waals surface area (Å²) in [5.41, 5.74) is 0.427. The maximum absolute atomic E-state index is 11.3. The molecule has 3 N–H and O–H groups in total. The number of aromatic carboxylic acids is 1. The summed E-state index contributed by atoms with van der Waals surface area (Å²) in [6.45, 7) is 4.98. The second-order valence-electron chi connectivity index (χ2n) is 4.76. The largest absolute Gasteiger partial charge is 0.493 e. The first kappa shape index (κ1) is 17.5. The summed E-state index contributed by atoms with van der Waals surface area (Å²) in [5.74, 6) is -1.73. The second-order valence-corrected chi connectivity index (χ2v) is 4.76. The minimum absolute atomic E-state index is 0.0750. The summed E-state index contributed by atoms with van der Waals surface area (Å²) in [7, 11) is 0. The number of amides is 2. The lowest BCUT2D eigenvalue weighted by molar-refractivity contribution is -0.115. The average molecular weight is 308 g/mol. The normalized spacial score (nSPS) is 9.95. The van der Waals surface area contributed by atoms with Gasteiger partial charge in [0.05, 0.1) is 18.0 Å². The number of hydrogen-bond donors (Lipinski definition) is 3. The molecule has 1 aromatic rings. The van der Waals surface area contributed by atoms with E-state index in [-0.39, 0.29) is 28.8 Å². The fraction of sp³-hybridized carbons (Fsp3) is 0.400. The molecule has 0 aliphatic heterocycles. The number of rotatable bonds is 7. The number of anilines is 2. The molecule has 22 heavy (non-hydrogen) atoms. The summed E-state index contributed by atoms with van der Waals surface area (Å²) < 4.78 is 5.48. The first-order chi connectivity index (χ1) is 10.3. The molecule has 7 heteroatoms. The van der Waals surface area contributed by atoms with E-state index in [0.717, 1.165) is 12.8 Å². The zero-order valence-electron chi connectivity index (χ0n) is 12.9. The molecule has 0 radical (unpaired) electrons. The van der Waals surface area contributed by atoms with Crippen molar-refractivity contribution in [3.05, 3.63) is 17.7 Å². The van der Waals surface area contributed by atoms with Gasteiger partial charge in [-0.05, 0) is 12.5 Å². The molecular formula is C15H20N2O5. The zero-order chi connectivity index (χ0) is 16.7. The Hall–Kier alpha value is -2.57. The Kier molecular flexibility index (Phi) is 6.37. The van der Waals surface area contributed by atoms with Gasteiger partial charge in [0.15, 0.2) is 0 Å². The third-order valence-electron chi connectivity index (χ3n) is 2.73. The number of unbranched alkanes of at least 4 members (excludes halogenated alkanes) is 1. The molecule has 2 amide bonds. The summed E-state index contributed by atoms with van der Waals surface area (Å²) >= 11 is 0. The van der Waals surface area contributed by atoms with Crippen LogP contribution < -0.4 is 15.4 Å². The molecular weight excluding hydrogens is 288 g/mol. The fourth-order valence-electron chi connectivity index (χ4n) is 1.78. The predicted molar refractivity (Wildman–Crippen MR) is 82.4 cm³/mol. The van der Waals surface area contributed by atoms with Gasteiger partial charge in [0.25, 0.3) is 0 Å². The van der Waals surface area contributed by atoms with Gasteiger partial charge in [-0.1, -0.05) is 13.3 Å². The molecule has 0 bridgehead atoms. The molecule has 0 atom stereocenters. The minimum atomic E-state index is -1.17. The van der Waals surface area contributed by atoms with Gasteiger partial charge in [-0.2, -0.15) is 0 Å². The lowest BCUT2D eigenvalue weighted by Crippen LogP contribution is -2.14. The van der Waals surface area contributed by atoms with Crippen LogP contribution in [0.5, 0.6) is 5.75 Å². The Morgan fingerprint density at radius 1 is 1.09 bits per heavy atom. The Bertz CT molecular complexity index is 584. The number of ether oxygens (including phenoxy) is 1. The molecule has 0 aliphatic rings. The standard InChI is InChI=1S/C15H20N2O5/c1-4-5-6-22-14-8-13(17-10(3)19)12(16-9(2)18)7-11(14)15(20)21/h7-8H,4-6H2,1-3H3,(H,16,18)(H,17,19)(H,20,21). The van der Waals surface area contributed by atoms with Gasteiger partial charge in [0, 0.05) is 19.9 Å². The molecule has 0 saturated carbocycles. The second kappa shape index (κ2) is 8.02. The molecule has 0 heterocycles. The van der Waals surface area contributed by atoms with Gasteiger partial charge in [-0.25, -0.2) is 4.79 Å². The highest BCUT2D eigenvalue weighted by Crippen LogP contribution is 2.32. The molecule has 0 unspecified atom stereocenters. The van der Waals surface area contributed by atoms with Crippen LogP contribution in [-0.4, -0.2) is 29.5 Å². The van der Waals surface area contributed by atoms with Crippen molar-refractivity contribution in [3.63, 3.8) is 0 Å². The van der Waals surface area contributed by atoms with Crippen LogP contribution in [0.25, 0.3) is 0 Å². The van der Waals surface area contributed by atoms with Crippen molar-refractivity contribution in [2.75, 3.05) is 17.2 Å². The van der Waals surface area contributed by atoms with Crippen molar-refractivity contribution in [1.29, 1.82) is 0 Å². The first-order valence-corrected chi connectivity index (χ1v) is 6.94. The number of nitrogens with one attached hydrogen (secondary N) is 2. The van der Waals surface area contributed by atoms with Crippen molar-refractivity contribution < 1.29 is 24.2 Å². The Morgan fingerprint density at radius 3 is 2.09 bits per heavy atom. The van der Waals surface area contributed by atoms with Crippen LogP contribution in [0.2, 0.25) is 0 Å². The summed E-state index contributed by atoms with van der Waals surface area (Å²) in [6, 6.07) is 2.68. The monoisotopic (exact) mass is 308 g/mol. The van der Waals surface area contributed by atoms with Gasteiger partial charge in [0.2, 0.25) is 11.8 Å². The lowest BCUT2D eigenvalue weighted by atomic mass is 10.1. The van der Waals surface area contributed by atoms with Crippen LogP contribution in [0.15, 0.2) is 12.1 Å². The third kappa shape index (κ3) is 5.08. The summed E-state index contributed by atoms with van der Waals surface area (Å²) in [6.07, 6.45) is 1.69. The van der Waals surface area contributed by atoms with Crippen LogP contribution in [0.1, 0.15) is 44.0 Å². The number of benzene rings is 1. The molecule has 0 spiro atoms. The van der Waals surface area contributed by atoms with Crippen molar-refractivity contribution >= 4 is 29.2 Å².